The Morgan fingerprint density at radius 3 is 2.76 bits per heavy atom. The van der Waals surface area contributed by atoms with Gasteiger partial charge in [-0.1, -0.05) is 20.8 Å². The summed E-state index contributed by atoms with van der Waals surface area (Å²) in [5.41, 5.74) is 0.343. The molecule has 17 heavy (non-hydrogen) atoms. The largest absolute Gasteiger partial charge is 0.356 e. The SMILES string of the molecule is CC(C)(C)CCCC(=O)NCCC1CCNC1. The molecule has 1 atom stereocenters. The lowest BCUT2D eigenvalue weighted by Crippen LogP contribution is -2.26. The smallest absolute Gasteiger partial charge is 0.219 e. The first-order chi connectivity index (χ1) is 7.97. The van der Waals surface area contributed by atoms with E-state index in [-0.39, 0.29) is 5.91 Å². The predicted molar refractivity (Wildman–Crippen MR) is 71.9 cm³/mol. The monoisotopic (exact) mass is 240 g/mol. The summed E-state index contributed by atoms with van der Waals surface area (Å²) in [6.07, 6.45) is 5.19. The van der Waals surface area contributed by atoms with Crippen LogP contribution in [0.4, 0.5) is 0 Å². The van der Waals surface area contributed by atoms with E-state index >= 15 is 0 Å². The maximum atomic E-state index is 11.6. The van der Waals surface area contributed by atoms with Crippen LogP contribution in [0.2, 0.25) is 0 Å². The molecule has 0 aromatic heterocycles. The van der Waals surface area contributed by atoms with Crippen molar-refractivity contribution in [2.75, 3.05) is 19.6 Å². The lowest BCUT2D eigenvalue weighted by atomic mass is 9.90. The number of carbonyl (C=O) groups excluding carboxylic acids is 1. The number of rotatable bonds is 6. The summed E-state index contributed by atoms with van der Waals surface area (Å²) in [4.78, 5) is 11.6. The molecule has 1 rings (SSSR count). The Morgan fingerprint density at radius 1 is 1.41 bits per heavy atom. The molecule has 0 bridgehead atoms. The summed E-state index contributed by atoms with van der Waals surface area (Å²) < 4.78 is 0. The fraction of sp³-hybridized carbons (Fsp3) is 0.929. The van der Waals surface area contributed by atoms with Crippen LogP contribution in [0.25, 0.3) is 0 Å². The zero-order chi connectivity index (χ0) is 12.7. The maximum Gasteiger partial charge on any atom is 0.219 e. The summed E-state index contributed by atoms with van der Waals surface area (Å²) in [6, 6.07) is 0. The molecule has 1 unspecified atom stereocenters. The van der Waals surface area contributed by atoms with Gasteiger partial charge >= 0.3 is 0 Å². The molecule has 1 heterocycles. The van der Waals surface area contributed by atoms with Crippen LogP contribution in [0.15, 0.2) is 0 Å². The highest BCUT2D eigenvalue weighted by Crippen LogP contribution is 2.21. The van der Waals surface area contributed by atoms with Crippen molar-refractivity contribution in [1.29, 1.82) is 0 Å². The Hall–Kier alpha value is -0.570. The zero-order valence-electron chi connectivity index (χ0n) is 11.6. The van der Waals surface area contributed by atoms with Crippen LogP contribution in [-0.2, 0) is 4.79 Å². The predicted octanol–water partition coefficient (Wildman–Crippen LogP) is 2.32. The lowest BCUT2D eigenvalue weighted by molar-refractivity contribution is -0.121. The number of amides is 1. The van der Waals surface area contributed by atoms with Crippen molar-refractivity contribution in [3.63, 3.8) is 0 Å². The Kier molecular flexibility index (Phi) is 5.96. The minimum absolute atomic E-state index is 0.222. The van der Waals surface area contributed by atoms with Gasteiger partial charge in [0.05, 0.1) is 0 Å². The molecule has 3 nitrogen and oxygen atoms in total. The second kappa shape index (κ2) is 7.00. The second-order valence-electron chi connectivity index (χ2n) is 6.41. The van der Waals surface area contributed by atoms with Crippen molar-refractivity contribution in [3.8, 4) is 0 Å². The second-order valence-corrected chi connectivity index (χ2v) is 6.41. The van der Waals surface area contributed by atoms with Gasteiger partial charge in [-0.25, -0.2) is 0 Å². The van der Waals surface area contributed by atoms with Crippen molar-refractivity contribution in [1.82, 2.24) is 10.6 Å². The normalized spacial score (nSPS) is 20.5. The number of nitrogens with one attached hydrogen (secondary N) is 2. The number of carbonyl (C=O) groups is 1. The molecule has 1 aliphatic heterocycles. The van der Waals surface area contributed by atoms with E-state index in [2.05, 4.69) is 31.4 Å². The summed E-state index contributed by atoms with van der Waals surface area (Å²) >= 11 is 0. The fourth-order valence-corrected chi connectivity index (χ4v) is 2.24. The van der Waals surface area contributed by atoms with E-state index in [9.17, 15) is 4.79 Å². The van der Waals surface area contributed by atoms with Gasteiger partial charge < -0.3 is 10.6 Å². The average Bonchev–Trinajstić information content (AvgIpc) is 2.68. The summed E-state index contributed by atoms with van der Waals surface area (Å²) in [5.74, 6) is 0.991. The third-order valence-corrected chi connectivity index (χ3v) is 3.37. The average molecular weight is 240 g/mol. The first kappa shape index (κ1) is 14.5. The van der Waals surface area contributed by atoms with Crippen LogP contribution in [0.3, 0.4) is 0 Å². The Bertz CT molecular complexity index is 227. The van der Waals surface area contributed by atoms with E-state index in [4.69, 9.17) is 0 Å². The van der Waals surface area contributed by atoms with Gasteiger partial charge in [-0.05, 0) is 50.1 Å². The van der Waals surface area contributed by atoms with Gasteiger partial charge in [-0.2, -0.15) is 0 Å². The third kappa shape index (κ3) is 7.37. The van der Waals surface area contributed by atoms with Crippen molar-refractivity contribution >= 4 is 5.91 Å². The molecule has 2 N–H and O–H groups in total. The van der Waals surface area contributed by atoms with E-state index in [0.29, 0.717) is 11.8 Å². The molecule has 1 fully saturated rings. The molecular formula is C14H28N2O. The molecule has 0 radical (unpaired) electrons. The minimum Gasteiger partial charge on any atom is -0.356 e. The Labute approximate surface area is 106 Å². The zero-order valence-corrected chi connectivity index (χ0v) is 11.6. The topological polar surface area (TPSA) is 41.1 Å². The van der Waals surface area contributed by atoms with Gasteiger partial charge in [0.2, 0.25) is 5.91 Å². The third-order valence-electron chi connectivity index (χ3n) is 3.37. The van der Waals surface area contributed by atoms with E-state index < -0.39 is 0 Å². The van der Waals surface area contributed by atoms with Crippen LogP contribution >= 0.6 is 0 Å². The molecule has 0 aromatic rings. The van der Waals surface area contributed by atoms with E-state index in [1.807, 2.05) is 0 Å². The standard InChI is InChI=1S/C14H28N2O/c1-14(2,3)8-4-5-13(17)16-10-7-12-6-9-15-11-12/h12,15H,4-11H2,1-3H3,(H,16,17). The Morgan fingerprint density at radius 2 is 2.18 bits per heavy atom. The lowest BCUT2D eigenvalue weighted by Gasteiger charge is -2.17. The molecule has 3 heteroatoms. The van der Waals surface area contributed by atoms with Gasteiger partial charge in [0, 0.05) is 13.0 Å². The van der Waals surface area contributed by atoms with Gasteiger partial charge in [0.15, 0.2) is 0 Å². The highest BCUT2D eigenvalue weighted by atomic mass is 16.1. The van der Waals surface area contributed by atoms with E-state index in [1.165, 1.54) is 6.42 Å². The molecule has 0 spiro atoms. The first-order valence-corrected chi connectivity index (χ1v) is 6.95. The minimum atomic E-state index is 0.222. The molecule has 1 aliphatic rings. The van der Waals surface area contributed by atoms with Crippen molar-refractivity contribution < 1.29 is 4.79 Å². The molecule has 0 saturated carbocycles. The van der Waals surface area contributed by atoms with Crippen LogP contribution in [0.1, 0.15) is 52.9 Å². The molecule has 1 amide bonds. The van der Waals surface area contributed by atoms with E-state index in [1.54, 1.807) is 0 Å². The molecule has 0 aromatic carbocycles. The number of hydrogen-bond acceptors (Lipinski definition) is 2. The van der Waals surface area contributed by atoms with Crippen LogP contribution in [0.5, 0.6) is 0 Å². The van der Waals surface area contributed by atoms with Crippen molar-refractivity contribution in [2.24, 2.45) is 11.3 Å². The maximum absolute atomic E-state index is 11.6. The molecule has 0 aliphatic carbocycles. The molecule has 100 valence electrons. The summed E-state index contributed by atoms with van der Waals surface area (Å²) in [7, 11) is 0. The molecule has 1 saturated heterocycles. The van der Waals surface area contributed by atoms with Crippen LogP contribution in [-0.4, -0.2) is 25.5 Å². The fourth-order valence-electron chi connectivity index (χ4n) is 2.24. The quantitative estimate of drug-likeness (QED) is 0.748. The van der Waals surface area contributed by atoms with Gasteiger partial charge in [-0.3, -0.25) is 4.79 Å². The van der Waals surface area contributed by atoms with Gasteiger partial charge in [0.1, 0.15) is 0 Å². The van der Waals surface area contributed by atoms with Gasteiger partial charge in [-0.15, -0.1) is 0 Å². The summed E-state index contributed by atoms with van der Waals surface area (Å²) in [6.45, 7) is 9.78. The van der Waals surface area contributed by atoms with Gasteiger partial charge in [0.25, 0.3) is 0 Å². The Balaban J connectivity index is 1.97. The van der Waals surface area contributed by atoms with Crippen LogP contribution < -0.4 is 10.6 Å². The summed E-state index contributed by atoms with van der Waals surface area (Å²) in [5, 5.41) is 6.38. The van der Waals surface area contributed by atoms with Crippen molar-refractivity contribution in [2.45, 2.75) is 52.9 Å². The highest BCUT2D eigenvalue weighted by molar-refractivity contribution is 5.75. The van der Waals surface area contributed by atoms with E-state index in [0.717, 1.165) is 44.8 Å². The number of hydrogen-bond donors (Lipinski definition) is 2. The van der Waals surface area contributed by atoms with Crippen molar-refractivity contribution in [3.05, 3.63) is 0 Å². The molecular weight excluding hydrogens is 212 g/mol. The van der Waals surface area contributed by atoms with Crippen LogP contribution in [0, 0.1) is 11.3 Å². The highest BCUT2D eigenvalue weighted by Gasteiger charge is 2.14. The first-order valence-electron chi connectivity index (χ1n) is 6.95.